The number of halogens is 3. The van der Waals surface area contributed by atoms with E-state index in [0.717, 1.165) is 52.4 Å². The maximum Gasteiger partial charge on any atom is 0.433 e. The van der Waals surface area contributed by atoms with Gasteiger partial charge >= 0.3 is 6.18 Å². The topological polar surface area (TPSA) is 88.0 Å². The Labute approximate surface area is 193 Å². The Balaban J connectivity index is 1.59. The summed E-state index contributed by atoms with van der Waals surface area (Å²) in [6, 6.07) is 13.1. The number of rotatable bonds is 6. The molecule has 0 radical (unpaired) electrons. The molecule has 0 bridgehead atoms. The molecule has 4 rings (SSSR count). The monoisotopic (exact) mass is 467 g/mol. The number of pyridine rings is 2. The first-order valence-electron chi connectivity index (χ1n) is 10.3. The zero-order valence-corrected chi connectivity index (χ0v) is 18.5. The predicted octanol–water partition coefficient (Wildman–Crippen LogP) is 6.16. The van der Waals surface area contributed by atoms with Gasteiger partial charge in [0.05, 0.1) is 16.4 Å². The predicted molar refractivity (Wildman–Crippen MR) is 124 cm³/mol. The molecule has 0 aliphatic heterocycles. The maximum absolute atomic E-state index is 12.8. The fraction of sp³-hybridized carbons (Fsp3) is 0.250. The second kappa shape index (κ2) is 8.87. The summed E-state index contributed by atoms with van der Waals surface area (Å²) in [7, 11) is 0. The lowest BCUT2D eigenvalue weighted by molar-refractivity contribution is -0.141. The Morgan fingerprint density at radius 3 is 2.45 bits per heavy atom. The third kappa shape index (κ3) is 4.86. The van der Waals surface area contributed by atoms with Gasteiger partial charge in [-0.3, -0.25) is 4.98 Å². The van der Waals surface area contributed by atoms with Crippen LogP contribution in [-0.4, -0.2) is 21.9 Å². The van der Waals surface area contributed by atoms with Crippen molar-refractivity contribution in [2.45, 2.75) is 36.3 Å². The molecule has 0 unspecified atom stereocenters. The third-order valence-electron chi connectivity index (χ3n) is 5.45. The summed E-state index contributed by atoms with van der Waals surface area (Å²) in [5, 5.41) is 9.38. The lowest BCUT2D eigenvalue weighted by Gasteiger charge is -2.10. The van der Waals surface area contributed by atoms with Gasteiger partial charge in [0.25, 0.3) is 0 Å². The van der Waals surface area contributed by atoms with E-state index < -0.39 is 11.9 Å². The molecule has 0 spiro atoms. The Morgan fingerprint density at radius 1 is 1.15 bits per heavy atom. The largest absolute Gasteiger partial charge is 0.433 e. The number of nitriles is 1. The van der Waals surface area contributed by atoms with E-state index in [0.29, 0.717) is 5.82 Å². The molecule has 0 saturated heterocycles. The van der Waals surface area contributed by atoms with Crippen LogP contribution < -0.4 is 5.73 Å². The summed E-state index contributed by atoms with van der Waals surface area (Å²) >= 11 is 1.56. The summed E-state index contributed by atoms with van der Waals surface area (Å²) in [5.41, 5.74) is 7.53. The van der Waals surface area contributed by atoms with Crippen molar-refractivity contribution in [1.82, 2.24) is 9.97 Å². The van der Waals surface area contributed by atoms with Crippen LogP contribution in [0, 0.1) is 11.3 Å². The summed E-state index contributed by atoms with van der Waals surface area (Å²) < 4.78 is 38.4. The van der Waals surface area contributed by atoms with Gasteiger partial charge in [-0.1, -0.05) is 31.2 Å². The number of aliphatic imine (C=N–C) groups is 1. The zero-order chi connectivity index (χ0) is 23.6. The first-order chi connectivity index (χ1) is 15.8. The van der Waals surface area contributed by atoms with Crippen molar-refractivity contribution in [2.24, 2.45) is 4.99 Å². The van der Waals surface area contributed by atoms with Crippen LogP contribution in [0.1, 0.15) is 36.6 Å². The molecule has 1 aromatic carbocycles. The molecule has 1 aliphatic rings. The van der Waals surface area contributed by atoms with Crippen LogP contribution in [0.25, 0.3) is 11.1 Å². The Kier molecular flexibility index (Phi) is 6.13. The quantitative estimate of drug-likeness (QED) is 0.346. The molecule has 9 heteroatoms. The van der Waals surface area contributed by atoms with Gasteiger partial charge in [-0.2, -0.15) is 18.4 Å². The highest BCUT2D eigenvalue weighted by Gasteiger charge is 2.44. The average molecular weight is 468 g/mol. The van der Waals surface area contributed by atoms with Crippen LogP contribution >= 0.6 is 11.8 Å². The Hall–Kier alpha value is -3.38. The van der Waals surface area contributed by atoms with E-state index in [9.17, 15) is 18.4 Å². The molecule has 1 fully saturated rings. The van der Waals surface area contributed by atoms with E-state index in [4.69, 9.17) is 5.73 Å². The van der Waals surface area contributed by atoms with Gasteiger partial charge in [0.2, 0.25) is 0 Å². The first-order valence-corrected chi connectivity index (χ1v) is 11.3. The fourth-order valence-corrected chi connectivity index (χ4v) is 4.16. The van der Waals surface area contributed by atoms with E-state index in [1.165, 1.54) is 6.21 Å². The van der Waals surface area contributed by atoms with Crippen LogP contribution in [0.4, 0.5) is 24.7 Å². The van der Waals surface area contributed by atoms with Gasteiger partial charge in [0, 0.05) is 35.4 Å². The SMILES string of the molecule is CCSc1cc(-c2ccc(C3(C#N)CC3)cc2)cnc1/N=C/c1cnc(C(F)(F)F)cc1N. The minimum Gasteiger partial charge on any atom is -0.398 e. The standard InChI is InChI=1S/C24H20F3N5S/c1-2-33-20-9-16(15-3-5-18(6-4-15)23(14-28)7-8-23)11-31-22(20)32-13-17-12-30-21(10-19(17)29)24(25,26)27/h3-6,9-13H,2,7-8H2,1H3,(H2,29,30)/b32-13+. The number of nitrogens with zero attached hydrogens (tertiary/aromatic N) is 4. The van der Waals surface area contributed by atoms with Crippen LogP contribution in [0.3, 0.4) is 0 Å². The number of alkyl halides is 3. The molecule has 33 heavy (non-hydrogen) atoms. The fourth-order valence-electron chi connectivity index (χ4n) is 3.40. The van der Waals surface area contributed by atoms with Gasteiger partial charge in [-0.05, 0) is 41.9 Å². The first kappa shape index (κ1) is 22.8. The third-order valence-corrected chi connectivity index (χ3v) is 6.35. The van der Waals surface area contributed by atoms with Gasteiger partial charge in [0.1, 0.15) is 5.69 Å². The average Bonchev–Trinajstić information content (AvgIpc) is 3.60. The number of anilines is 1. The van der Waals surface area contributed by atoms with Gasteiger partial charge in [-0.25, -0.2) is 9.98 Å². The highest BCUT2D eigenvalue weighted by molar-refractivity contribution is 7.99. The lowest BCUT2D eigenvalue weighted by Crippen LogP contribution is -2.09. The number of benzene rings is 1. The maximum atomic E-state index is 12.8. The van der Waals surface area contributed by atoms with Crippen LogP contribution in [0.15, 0.2) is 58.7 Å². The number of hydrogen-bond donors (Lipinski definition) is 1. The normalized spacial score (nSPS) is 14.9. The molecule has 5 nitrogen and oxygen atoms in total. The van der Waals surface area contributed by atoms with Gasteiger partial charge in [0.15, 0.2) is 5.82 Å². The minimum absolute atomic E-state index is 0.0618. The molecule has 168 valence electrons. The van der Waals surface area contributed by atoms with Gasteiger partial charge in [-0.15, -0.1) is 11.8 Å². The zero-order valence-electron chi connectivity index (χ0n) is 17.7. The van der Waals surface area contributed by atoms with E-state index in [1.54, 1.807) is 18.0 Å². The molecule has 2 heterocycles. The second-order valence-corrected chi connectivity index (χ2v) is 9.01. The molecule has 1 saturated carbocycles. The van der Waals surface area contributed by atoms with E-state index in [1.807, 2.05) is 37.3 Å². The number of nitrogens with two attached hydrogens (primary N) is 1. The van der Waals surface area contributed by atoms with Crippen LogP contribution in [-0.2, 0) is 11.6 Å². The van der Waals surface area contributed by atoms with Crippen LogP contribution in [0.5, 0.6) is 0 Å². The summed E-state index contributed by atoms with van der Waals surface area (Å²) in [6.07, 6.45) is 1.36. The minimum atomic E-state index is -4.56. The Bertz CT molecular complexity index is 1240. The van der Waals surface area contributed by atoms with Crippen molar-refractivity contribution in [1.29, 1.82) is 5.26 Å². The van der Waals surface area contributed by atoms with Crippen molar-refractivity contribution >= 4 is 29.5 Å². The summed E-state index contributed by atoms with van der Waals surface area (Å²) in [6.45, 7) is 2.01. The number of thioether (sulfide) groups is 1. The summed E-state index contributed by atoms with van der Waals surface area (Å²) in [4.78, 5) is 13.1. The molecular weight excluding hydrogens is 447 g/mol. The number of nitrogen functional groups attached to an aromatic ring is 1. The molecule has 2 N–H and O–H groups in total. The highest BCUT2D eigenvalue weighted by atomic mass is 32.2. The molecule has 0 atom stereocenters. The molecule has 1 aliphatic carbocycles. The lowest BCUT2D eigenvalue weighted by atomic mass is 9.95. The van der Waals surface area contributed by atoms with Crippen molar-refractivity contribution in [3.63, 3.8) is 0 Å². The van der Waals surface area contributed by atoms with E-state index in [2.05, 4.69) is 21.0 Å². The van der Waals surface area contributed by atoms with Crippen LogP contribution in [0.2, 0.25) is 0 Å². The number of hydrogen-bond acceptors (Lipinski definition) is 6. The van der Waals surface area contributed by atoms with E-state index >= 15 is 0 Å². The molecule has 3 aromatic rings. The second-order valence-electron chi connectivity index (χ2n) is 7.70. The van der Waals surface area contributed by atoms with E-state index in [-0.39, 0.29) is 16.7 Å². The van der Waals surface area contributed by atoms with Gasteiger partial charge < -0.3 is 5.73 Å². The van der Waals surface area contributed by atoms with Crippen molar-refractivity contribution < 1.29 is 13.2 Å². The highest BCUT2D eigenvalue weighted by Crippen LogP contribution is 2.47. The number of aromatic nitrogens is 2. The molecule has 2 aromatic heterocycles. The Morgan fingerprint density at radius 2 is 1.88 bits per heavy atom. The van der Waals surface area contributed by atoms with Crippen molar-refractivity contribution in [3.8, 4) is 17.2 Å². The molecular formula is C24H20F3N5S. The molecule has 0 amide bonds. The smallest absolute Gasteiger partial charge is 0.398 e. The van der Waals surface area contributed by atoms with Crippen molar-refractivity contribution in [3.05, 3.63) is 65.6 Å². The summed E-state index contributed by atoms with van der Waals surface area (Å²) in [5.74, 6) is 1.24. The van der Waals surface area contributed by atoms with Crippen molar-refractivity contribution in [2.75, 3.05) is 11.5 Å².